The molecule has 1 fully saturated rings. The lowest BCUT2D eigenvalue weighted by molar-refractivity contribution is -0.121. The minimum absolute atomic E-state index is 0.0734. The quantitative estimate of drug-likeness (QED) is 0.768. The Kier molecular flexibility index (Phi) is 6.50. The van der Waals surface area contributed by atoms with E-state index in [-0.39, 0.29) is 5.91 Å². The van der Waals surface area contributed by atoms with Crippen molar-refractivity contribution < 1.29 is 14.3 Å². The third kappa shape index (κ3) is 5.36. The zero-order valence-electron chi connectivity index (χ0n) is 12.6. The molecule has 0 unspecified atom stereocenters. The molecular weight excluding hydrogens is 268 g/mol. The lowest BCUT2D eigenvalue weighted by atomic mass is 10.1. The van der Waals surface area contributed by atoms with Crippen molar-refractivity contribution >= 4 is 11.6 Å². The van der Waals surface area contributed by atoms with E-state index in [4.69, 9.17) is 9.47 Å². The van der Waals surface area contributed by atoms with Gasteiger partial charge in [0.25, 0.3) is 0 Å². The SMILES string of the molecule is COCCNC(=O)CCc1ccc(N2CCOCC2)cc1. The van der Waals surface area contributed by atoms with Crippen LogP contribution >= 0.6 is 0 Å². The summed E-state index contributed by atoms with van der Waals surface area (Å²) in [5.41, 5.74) is 2.42. The number of amides is 1. The van der Waals surface area contributed by atoms with E-state index in [9.17, 15) is 4.79 Å². The van der Waals surface area contributed by atoms with Gasteiger partial charge in [0, 0.05) is 38.9 Å². The van der Waals surface area contributed by atoms with Gasteiger partial charge in [0.05, 0.1) is 19.8 Å². The molecule has 0 radical (unpaired) electrons. The molecule has 0 spiro atoms. The zero-order valence-corrected chi connectivity index (χ0v) is 12.6. The molecule has 0 bridgehead atoms. The Labute approximate surface area is 126 Å². The van der Waals surface area contributed by atoms with E-state index in [0.717, 1.165) is 32.7 Å². The van der Waals surface area contributed by atoms with Crippen LogP contribution in [0.4, 0.5) is 5.69 Å². The molecule has 0 atom stereocenters. The van der Waals surface area contributed by atoms with Crippen molar-refractivity contribution in [2.75, 3.05) is 51.5 Å². The summed E-state index contributed by atoms with van der Waals surface area (Å²) in [6.45, 7) is 4.61. The van der Waals surface area contributed by atoms with Gasteiger partial charge in [0.1, 0.15) is 0 Å². The van der Waals surface area contributed by atoms with Gasteiger partial charge in [-0.05, 0) is 24.1 Å². The van der Waals surface area contributed by atoms with Crippen molar-refractivity contribution in [1.29, 1.82) is 0 Å². The Morgan fingerprint density at radius 3 is 2.67 bits per heavy atom. The molecule has 1 aromatic rings. The first kappa shape index (κ1) is 15.8. The highest BCUT2D eigenvalue weighted by Gasteiger charge is 2.10. The standard InChI is InChI=1S/C16H24N2O3/c1-20-11-8-17-16(19)7-4-14-2-5-15(6-3-14)18-9-12-21-13-10-18/h2-3,5-6H,4,7-13H2,1H3,(H,17,19). The predicted octanol–water partition coefficient (Wildman–Crippen LogP) is 1.22. The van der Waals surface area contributed by atoms with Crippen LogP contribution in [0.25, 0.3) is 0 Å². The maximum absolute atomic E-state index is 11.6. The lowest BCUT2D eigenvalue weighted by Gasteiger charge is -2.28. The van der Waals surface area contributed by atoms with E-state index in [1.54, 1.807) is 7.11 Å². The molecular formula is C16H24N2O3. The molecule has 5 nitrogen and oxygen atoms in total. The second kappa shape index (κ2) is 8.64. The largest absolute Gasteiger partial charge is 0.383 e. The van der Waals surface area contributed by atoms with Crippen LogP contribution < -0.4 is 10.2 Å². The first-order valence-corrected chi connectivity index (χ1v) is 7.47. The molecule has 0 aromatic heterocycles. The van der Waals surface area contributed by atoms with Crippen LogP contribution in [0.2, 0.25) is 0 Å². The first-order chi connectivity index (χ1) is 10.3. The molecule has 21 heavy (non-hydrogen) atoms. The smallest absolute Gasteiger partial charge is 0.220 e. The average Bonchev–Trinajstić information content (AvgIpc) is 2.54. The Hall–Kier alpha value is -1.59. The van der Waals surface area contributed by atoms with Crippen LogP contribution in [0.3, 0.4) is 0 Å². The number of anilines is 1. The van der Waals surface area contributed by atoms with Crippen LogP contribution in [0, 0.1) is 0 Å². The topological polar surface area (TPSA) is 50.8 Å². The van der Waals surface area contributed by atoms with Gasteiger partial charge in [0.2, 0.25) is 5.91 Å². The highest BCUT2D eigenvalue weighted by Crippen LogP contribution is 2.17. The van der Waals surface area contributed by atoms with E-state index >= 15 is 0 Å². The molecule has 0 saturated carbocycles. The normalized spacial score (nSPS) is 15.0. The molecule has 1 heterocycles. The minimum atomic E-state index is 0.0734. The van der Waals surface area contributed by atoms with Gasteiger partial charge in [-0.15, -0.1) is 0 Å². The molecule has 5 heteroatoms. The third-order valence-corrected chi connectivity index (χ3v) is 3.58. The number of rotatable bonds is 7. The molecule has 1 aliphatic heterocycles. The number of nitrogens with zero attached hydrogens (tertiary/aromatic N) is 1. The molecule has 0 aliphatic carbocycles. The fourth-order valence-corrected chi connectivity index (χ4v) is 2.33. The van der Waals surface area contributed by atoms with Crippen molar-refractivity contribution in [3.63, 3.8) is 0 Å². The van der Waals surface area contributed by atoms with Crippen LogP contribution in [0.15, 0.2) is 24.3 Å². The van der Waals surface area contributed by atoms with E-state index in [2.05, 4.69) is 34.5 Å². The summed E-state index contributed by atoms with van der Waals surface area (Å²) in [7, 11) is 1.63. The van der Waals surface area contributed by atoms with Gasteiger partial charge >= 0.3 is 0 Å². The number of aryl methyl sites for hydroxylation is 1. The zero-order chi connectivity index (χ0) is 14.9. The molecule has 1 N–H and O–H groups in total. The van der Waals surface area contributed by atoms with Crippen molar-refractivity contribution in [2.45, 2.75) is 12.8 Å². The van der Waals surface area contributed by atoms with Gasteiger partial charge in [-0.2, -0.15) is 0 Å². The van der Waals surface area contributed by atoms with Crippen LogP contribution in [-0.2, 0) is 20.7 Å². The van der Waals surface area contributed by atoms with Crippen molar-refractivity contribution in [2.24, 2.45) is 0 Å². The number of nitrogens with one attached hydrogen (secondary N) is 1. The second-order valence-electron chi connectivity index (χ2n) is 5.11. The van der Waals surface area contributed by atoms with E-state index in [1.807, 2.05) is 0 Å². The number of ether oxygens (including phenoxy) is 2. The monoisotopic (exact) mass is 292 g/mol. The minimum Gasteiger partial charge on any atom is -0.383 e. The second-order valence-corrected chi connectivity index (χ2v) is 5.11. The van der Waals surface area contributed by atoms with Crippen molar-refractivity contribution in [3.05, 3.63) is 29.8 Å². The Balaban J connectivity index is 1.75. The number of benzene rings is 1. The predicted molar refractivity (Wildman–Crippen MR) is 82.7 cm³/mol. The lowest BCUT2D eigenvalue weighted by Crippen LogP contribution is -2.36. The molecule has 2 rings (SSSR count). The number of carbonyl (C=O) groups is 1. The van der Waals surface area contributed by atoms with Crippen LogP contribution in [0.5, 0.6) is 0 Å². The van der Waals surface area contributed by atoms with Crippen molar-refractivity contribution in [1.82, 2.24) is 5.32 Å². The molecule has 116 valence electrons. The maximum Gasteiger partial charge on any atom is 0.220 e. The van der Waals surface area contributed by atoms with Gasteiger partial charge < -0.3 is 19.7 Å². The average molecular weight is 292 g/mol. The van der Waals surface area contributed by atoms with Gasteiger partial charge in [0.15, 0.2) is 0 Å². The summed E-state index contributed by atoms with van der Waals surface area (Å²) in [6, 6.07) is 8.47. The van der Waals surface area contributed by atoms with Gasteiger partial charge in [-0.3, -0.25) is 4.79 Å². The maximum atomic E-state index is 11.6. The summed E-state index contributed by atoms with van der Waals surface area (Å²) in [4.78, 5) is 13.9. The summed E-state index contributed by atoms with van der Waals surface area (Å²) in [5, 5.41) is 2.83. The Morgan fingerprint density at radius 1 is 1.29 bits per heavy atom. The summed E-state index contributed by atoms with van der Waals surface area (Å²) >= 11 is 0. The Morgan fingerprint density at radius 2 is 2.00 bits per heavy atom. The van der Waals surface area contributed by atoms with Crippen LogP contribution in [-0.4, -0.2) is 52.5 Å². The first-order valence-electron chi connectivity index (χ1n) is 7.47. The van der Waals surface area contributed by atoms with Gasteiger partial charge in [-0.25, -0.2) is 0 Å². The van der Waals surface area contributed by atoms with Gasteiger partial charge in [-0.1, -0.05) is 12.1 Å². The fourth-order valence-electron chi connectivity index (χ4n) is 2.33. The number of methoxy groups -OCH3 is 1. The highest BCUT2D eigenvalue weighted by atomic mass is 16.5. The summed E-state index contributed by atoms with van der Waals surface area (Å²) in [6.07, 6.45) is 1.28. The highest BCUT2D eigenvalue weighted by molar-refractivity contribution is 5.76. The van der Waals surface area contributed by atoms with E-state index < -0.39 is 0 Å². The van der Waals surface area contributed by atoms with E-state index in [0.29, 0.717) is 19.6 Å². The summed E-state index contributed by atoms with van der Waals surface area (Å²) < 4.78 is 10.3. The summed E-state index contributed by atoms with van der Waals surface area (Å²) in [5.74, 6) is 0.0734. The molecule has 1 saturated heterocycles. The van der Waals surface area contributed by atoms with E-state index in [1.165, 1.54) is 11.3 Å². The van der Waals surface area contributed by atoms with Crippen molar-refractivity contribution in [3.8, 4) is 0 Å². The van der Waals surface area contributed by atoms with Crippen LogP contribution in [0.1, 0.15) is 12.0 Å². The fraction of sp³-hybridized carbons (Fsp3) is 0.562. The number of morpholine rings is 1. The molecule has 1 aliphatic rings. The Bertz CT molecular complexity index is 428. The number of carbonyl (C=O) groups excluding carboxylic acids is 1. The number of hydrogen-bond donors (Lipinski definition) is 1. The molecule has 1 aromatic carbocycles. The number of hydrogen-bond acceptors (Lipinski definition) is 4. The molecule has 1 amide bonds. The third-order valence-electron chi connectivity index (χ3n) is 3.58.